The third-order valence-corrected chi connectivity index (χ3v) is 2.91. The maximum absolute atomic E-state index is 11.9. The first-order chi connectivity index (χ1) is 9.45. The van der Waals surface area contributed by atoms with Crippen LogP contribution in [0.15, 0.2) is 18.2 Å². The number of nitrogens with one attached hydrogen (secondary N) is 1. The summed E-state index contributed by atoms with van der Waals surface area (Å²) < 4.78 is 10.9. The predicted octanol–water partition coefficient (Wildman–Crippen LogP) is 2.61. The number of hydrogen-bond donors (Lipinski definition) is 1. The summed E-state index contributed by atoms with van der Waals surface area (Å²) in [5, 5.41) is 3.17. The Morgan fingerprint density at radius 3 is 2.35 bits per heavy atom. The molecule has 0 spiro atoms. The molecule has 4 heteroatoms. The van der Waals surface area contributed by atoms with Crippen molar-refractivity contribution in [1.82, 2.24) is 5.32 Å². The normalized spacial score (nSPS) is 12.3. The van der Waals surface area contributed by atoms with E-state index in [4.69, 9.17) is 9.47 Å². The molecule has 0 amide bonds. The van der Waals surface area contributed by atoms with E-state index >= 15 is 0 Å². The summed E-state index contributed by atoms with van der Waals surface area (Å²) in [6, 6.07) is 5.72. The van der Waals surface area contributed by atoms with Crippen molar-refractivity contribution in [3.05, 3.63) is 29.3 Å². The first kappa shape index (κ1) is 16.5. The molecule has 1 rings (SSSR count). The molecule has 20 heavy (non-hydrogen) atoms. The van der Waals surface area contributed by atoms with Gasteiger partial charge >= 0.3 is 5.97 Å². The molecule has 1 unspecified atom stereocenters. The van der Waals surface area contributed by atoms with Gasteiger partial charge in [-0.2, -0.15) is 0 Å². The molecule has 0 aromatic heterocycles. The predicted molar refractivity (Wildman–Crippen MR) is 80.1 cm³/mol. The largest absolute Gasteiger partial charge is 0.491 e. The van der Waals surface area contributed by atoms with Crippen LogP contribution in [0.3, 0.4) is 0 Å². The van der Waals surface area contributed by atoms with E-state index in [9.17, 15) is 4.79 Å². The molecular formula is C16H25NO3. The van der Waals surface area contributed by atoms with Gasteiger partial charge in [0.2, 0.25) is 0 Å². The number of carbonyl (C=O) groups is 1. The fraction of sp³-hybridized carbons (Fsp3) is 0.562. The van der Waals surface area contributed by atoms with E-state index in [1.54, 1.807) is 6.92 Å². The fourth-order valence-corrected chi connectivity index (χ4v) is 2.02. The minimum absolute atomic E-state index is 0.186. The zero-order valence-corrected chi connectivity index (χ0v) is 13.0. The molecule has 0 radical (unpaired) electrons. The van der Waals surface area contributed by atoms with Gasteiger partial charge in [0.1, 0.15) is 18.4 Å². The summed E-state index contributed by atoms with van der Waals surface area (Å²) in [5.74, 6) is 0.569. The lowest BCUT2D eigenvalue weighted by molar-refractivity contribution is -0.146. The van der Waals surface area contributed by atoms with Crippen LogP contribution in [-0.2, 0) is 9.53 Å². The maximum atomic E-state index is 11.9. The highest BCUT2D eigenvalue weighted by atomic mass is 16.5. The van der Waals surface area contributed by atoms with Crippen molar-refractivity contribution in [3.8, 4) is 5.75 Å². The van der Waals surface area contributed by atoms with E-state index in [1.165, 1.54) is 0 Å². The molecule has 0 heterocycles. The number of aryl methyl sites for hydroxylation is 2. The monoisotopic (exact) mass is 279 g/mol. The highest BCUT2D eigenvalue weighted by Crippen LogP contribution is 2.22. The Hall–Kier alpha value is -1.55. The molecule has 112 valence electrons. The zero-order chi connectivity index (χ0) is 15.1. The minimum Gasteiger partial charge on any atom is -0.491 e. The molecule has 0 saturated carbocycles. The van der Waals surface area contributed by atoms with Crippen LogP contribution in [0.25, 0.3) is 0 Å². The van der Waals surface area contributed by atoms with Crippen molar-refractivity contribution in [2.75, 3.05) is 13.2 Å². The highest BCUT2D eigenvalue weighted by molar-refractivity contribution is 5.76. The molecular weight excluding hydrogens is 254 g/mol. The summed E-state index contributed by atoms with van der Waals surface area (Å²) >= 11 is 0. The Kier molecular flexibility index (Phi) is 6.52. The summed E-state index contributed by atoms with van der Waals surface area (Å²) in [5.41, 5.74) is 2.13. The number of esters is 1. The molecule has 1 N–H and O–H groups in total. The van der Waals surface area contributed by atoms with Crippen LogP contribution in [0.2, 0.25) is 0 Å². The number of ether oxygens (including phenoxy) is 2. The zero-order valence-electron chi connectivity index (χ0n) is 13.0. The first-order valence-electron chi connectivity index (χ1n) is 7.07. The van der Waals surface area contributed by atoms with Gasteiger partial charge in [-0.15, -0.1) is 0 Å². The molecule has 0 saturated heterocycles. The van der Waals surface area contributed by atoms with E-state index < -0.39 is 6.04 Å². The van der Waals surface area contributed by atoms with Gasteiger partial charge < -0.3 is 9.47 Å². The second-order valence-corrected chi connectivity index (χ2v) is 5.16. The van der Waals surface area contributed by atoms with Gasteiger partial charge in [0.15, 0.2) is 0 Å². The molecule has 4 nitrogen and oxygen atoms in total. The molecule has 0 aliphatic heterocycles. The highest BCUT2D eigenvalue weighted by Gasteiger charge is 2.21. The van der Waals surface area contributed by atoms with Crippen LogP contribution in [0, 0.1) is 13.8 Å². The van der Waals surface area contributed by atoms with Gasteiger partial charge in [0.05, 0.1) is 6.61 Å². The lowest BCUT2D eigenvalue weighted by Crippen LogP contribution is -2.45. The van der Waals surface area contributed by atoms with Crippen molar-refractivity contribution in [3.63, 3.8) is 0 Å². The summed E-state index contributed by atoms with van der Waals surface area (Å²) in [6.07, 6.45) is 0. The van der Waals surface area contributed by atoms with E-state index in [0.29, 0.717) is 6.61 Å². The summed E-state index contributed by atoms with van der Waals surface area (Å²) in [4.78, 5) is 11.9. The standard InChI is InChI=1S/C16H25NO3/c1-6-19-16(18)14(17-11(2)3)10-20-15-12(4)8-7-9-13(15)5/h7-9,11,14,17H,6,10H2,1-5H3. The van der Waals surface area contributed by atoms with Gasteiger partial charge in [-0.05, 0) is 31.9 Å². The van der Waals surface area contributed by atoms with Crippen LogP contribution in [0.5, 0.6) is 5.75 Å². The van der Waals surface area contributed by atoms with E-state index in [0.717, 1.165) is 16.9 Å². The summed E-state index contributed by atoms with van der Waals surface area (Å²) in [6.45, 7) is 10.4. The topological polar surface area (TPSA) is 47.6 Å². The number of rotatable bonds is 7. The van der Waals surface area contributed by atoms with E-state index in [-0.39, 0.29) is 18.6 Å². The van der Waals surface area contributed by atoms with Gasteiger partial charge in [0.25, 0.3) is 0 Å². The smallest absolute Gasteiger partial charge is 0.326 e. The van der Waals surface area contributed by atoms with Crippen LogP contribution in [-0.4, -0.2) is 31.3 Å². The number of hydrogen-bond acceptors (Lipinski definition) is 4. The maximum Gasteiger partial charge on any atom is 0.326 e. The van der Waals surface area contributed by atoms with E-state index in [2.05, 4.69) is 5.32 Å². The minimum atomic E-state index is -0.450. The van der Waals surface area contributed by atoms with E-state index in [1.807, 2.05) is 45.9 Å². The Balaban J connectivity index is 2.73. The molecule has 0 aliphatic carbocycles. The van der Waals surface area contributed by atoms with Crippen molar-refractivity contribution >= 4 is 5.97 Å². The molecule has 0 aliphatic rings. The number of para-hydroxylation sites is 1. The SMILES string of the molecule is CCOC(=O)C(COc1c(C)cccc1C)NC(C)C. The van der Waals surface area contributed by atoms with Crippen LogP contribution in [0.1, 0.15) is 31.9 Å². The third-order valence-electron chi connectivity index (χ3n) is 2.91. The number of benzene rings is 1. The lowest BCUT2D eigenvalue weighted by Gasteiger charge is -2.21. The van der Waals surface area contributed by atoms with Crippen molar-refractivity contribution in [2.24, 2.45) is 0 Å². The quantitative estimate of drug-likeness (QED) is 0.779. The molecule has 0 fully saturated rings. The van der Waals surface area contributed by atoms with Gasteiger partial charge in [-0.1, -0.05) is 32.0 Å². The molecule has 0 bridgehead atoms. The van der Waals surface area contributed by atoms with Gasteiger partial charge in [-0.25, -0.2) is 0 Å². The third kappa shape index (κ3) is 4.85. The van der Waals surface area contributed by atoms with Crippen molar-refractivity contribution < 1.29 is 14.3 Å². The van der Waals surface area contributed by atoms with Crippen molar-refractivity contribution in [1.29, 1.82) is 0 Å². The first-order valence-corrected chi connectivity index (χ1v) is 7.07. The molecule has 1 aromatic carbocycles. The number of carbonyl (C=O) groups excluding carboxylic acids is 1. The average molecular weight is 279 g/mol. The second kappa shape index (κ2) is 7.90. The molecule has 1 atom stereocenters. The van der Waals surface area contributed by atoms with Crippen molar-refractivity contribution in [2.45, 2.75) is 46.7 Å². The Bertz CT molecular complexity index is 423. The van der Waals surface area contributed by atoms with Crippen LogP contribution in [0.4, 0.5) is 0 Å². The van der Waals surface area contributed by atoms with Crippen LogP contribution >= 0.6 is 0 Å². The Labute approximate surface area is 121 Å². The Morgan fingerprint density at radius 2 is 1.85 bits per heavy atom. The Morgan fingerprint density at radius 1 is 1.25 bits per heavy atom. The van der Waals surface area contributed by atoms with Gasteiger partial charge in [0, 0.05) is 6.04 Å². The van der Waals surface area contributed by atoms with Crippen LogP contribution < -0.4 is 10.1 Å². The van der Waals surface area contributed by atoms with Gasteiger partial charge in [-0.3, -0.25) is 10.1 Å². The summed E-state index contributed by atoms with van der Waals surface area (Å²) in [7, 11) is 0. The molecule has 1 aromatic rings. The fourth-order valence-electron chi connectivity index (χ4n) is 2.02. The average Bonchev–Trinajstić information content (AvgIpc) is 2.36. The lowest BCUT2D eigenvalue weighted by atomic mass is 10.1. The second-order valence-electron chi connectivity index (χ2n) is 5.16.